The topological polar surface area (TPSA) is 29.1 Å². The van der Waals surface area contributed by atoms with Crippen molar-refractivity contribution in [3.8, 4) is 0 Å². The molecular weight excluding hydrogens is 266 g/mol. The number of benzene rings is 1. The van der Waals surface area contributed by atoms with Crippen molar-refractivity contribution in [1.82, 2.24) is 5.32 Å². The maximum absolute atomic E-state index is 12.0. The van der Waals surface area contributed by atoms with Crippen LogP contribution in [0.1, 0.15) is 38.8 Å². The Morgan fingerprint density at radius 3 is 2.30 bits per heavy atom. The minimum absolute atomic E-state index is 0.149. The van der Waals surface area contributed by atoms with E-state index in [9.17, 15) is 4.79 Å². The molecule has 1 rings (SSSR count). The van der Waals surface area contributed by atoms with Crippen LogP contribution in [-0.2, 0) is 10.5 Å². The summed E-state index contributed by atoms with van der Waals surface area (Å²) >= 11 is 1.68. The summed E-state index contributed by atoms with van der Waals surface area (Å²) in [5.41, 5.74) is 2.61. The van der Waals surface area contributed by atoms with Crippen molar-refractivity contribution in [1.29, 1.82) is 0 Å². The van der Waals surface area contributed by atoms with Crippen LogP contribution < -0.4 is 5.32 Å². The first-order valence-electron chi connectivity index (χ1n) is 7.33. The third kappa shape index (κ3) is 5.58. The molecule has 1 aromatic carbocycles. The van der Waals surface area contributed by atoms with E-state index in [0.29, 0.717) is 17.6 Å². The molecule has 3 heteroatoms. The molecule has 1 amide bonds. The highest BCUT2D eigenvalue weighted by Crippen LogP contribution is 2.16. The fourth-order valence-electron chi connectivity index (χ4n) is 2.36. The number of hydrogen-bond acceptors (Lipinski definition) is 2. The highest BCUT2D eigenvalue weighted by atomic mass is 32.2. The Hall–Kier alpha value is -0.960. The first-order valence-corrected chi connectivity index (χ1v) is 8.49. The number of amides is 1. The average molecular weight is 293 g/mol. The second-order valence-corrected chi connectivity index (χ2v) is 6.99. The van der Waals surface area contributed by atoms with Gasteiger partial charge in [0.05, 0.1) is 5.75 Å². The number of aryl methyl sites for hydroxylation is 1. The highest BCUT2D eigenvalue weighted by molar-refractivity contribution is 7.99. The van der Waals surface area contributed by atoms with Crippen molar-refractivity contribution in [3.05, 3.63) is 35.4 Å². The molecule has 0 atom stereocenters. The van der Waals surface area contributed by atoms with Gasteiger partial charge in [-0.3, -0.25) is 4.79 Å². The summed E-state index contributed by atoms with van der Waals surface area (Å²) in [5, 5.41) is 3.16. The summed E-state index contributed by atoms with van der Waals surface area (Å²) < 4.78 is 0. The van der Waals surface area contributed by atoms with Gasteiger partial charge in [-0.25, -0.2) is 0 Å². The predicted molar refractivity (Wildman–Crippen MR) is 88.9 cm³/mol. The van der Waals surface area contributed by atoms with Gasteiger partial charge in [0.2, 0.25) is 5.91 Å². The van der Waals surface area contributed by atoms with Gasteiger partial charge >= 0.3 is 0 Å². The van der Waals surface area contributed by atoms with Crippen LogP contribution in [0.2, 0.25) is 0 Å². The molecule has 20 heavy (non-hydrogen) atoms. The van der Waals surface area contributed by atoms with Crippen LogP contribution in [0, 0.1) is 18.8 Å². The van der Waals surface area contributed by atoms with E-state index < -0.39 is 0 Å². The van der Waals surface area contributed by atoms with Crippen molar-refractivity contribution in [3.63, 3.8) is 0 Å². The molecule has 0 aliphatic rings. The lowest BCUT2D eigenvalue weighted by atomic mass is 9.93. The molecule has 112 valence electrons. The quantitative estimate of drug-likeness (QED) is 0.822. The Labute approximate surface area is 127 Å². The smallest absolute Gasteiger partial charge is 0.230 e. The minimum Gasteiger partial charge on any atom is -0.352 e. The van der Waals surface area contributed by atoms with Crippen LogP contribution in [0.3, 0.4) is 0 Å². The predicted octanol–water partition coefficient (Wildman–Crippen LogP) is 4.03. The molecule has 0 fully saturated rings. The Bertz CT molecular complexity index is 421. The number of nitrogens with one attached hydrogen (secondary N) is 1. The third-order valence-corrected chi connectivity index (χ3v) is 4.50. The number of hydrogen-bond donors (Lipinski definition) is 1. The van der Waals surface area contributed by atoms with Gasteiger partial charge in [-0.2, -0.15) is 0 Å². The second kappa shape index (κ2) is 8.35. The molecule has 0 unspecified atom stereocenters. The number of carbonyl (C=O) groups is 1. The molecule has 1 aromatic rings. The lowest BCUT2D eigenvalue weighted by Gasteiger charge is -2.26. The van der Waals surface area contributed by atoms with E-state index in [-0.39, 0.29) is 11.9 Å². The summed E-state index contributed by atoms with van der Waals surface area (Å²) in [4.78, 5) is 12.0. The molecule has 0 heterocycles. The van der Waals surface area contributed by atoms with Crippen molar-refractivity contribution >= 4 is 17.7 Å². The third-order valence-electron chi connectivity index (χ3n) is 3.52. The van der Waals surface area contributed by atoms with Crippen LogP contribution >= 0.6 is 11.8 Å². The van der Waals surface area contributed by atoms with Gasteiger partial charge in [0, 0.05) is 11.8 Å². The fourth-order valence-corrected chi connectivity index (χ4v) is 3.27. The van der Waals surface area contributed by atoms with Gasteiger partial charge in [-0.15, -0.1) is 11.8 Å². The first kappa shape index (κ1) is 17.1. The zero-order valence-corrected chi connectivity index (χ0v) is 14.1. The summed E-state index contributed by atoms with van der Waals surface area (Å²) in [7, 11) is 0. The van der Waals surface area contributed by atoms with E-state index in [2.05, 4.69) is 58.1 Å². The summed E-state index contributed by atoms with van der Waals surface area (Å²) in [5.74, 6) is 2.52. The van der Waals surface area contributed by atoms with Gasteiger partial charge in [-0.05, 0) is 29.9 Å². The van der Waals surface area contributed by atoms with Gasteiger partial charge in [0.1, 0.15) is 0 Å². The second-order valence-electron chi connectivity index (χ2n) is 6.00. The van der Waals surface area contributed by atoms with Gasteiger partial charge < -0.3 is 5.32 Å². The Balaban J connectivity index is 2.38. The molecular formula is C17H27NOS. The van der Waals surface area contributed by atoms with Crippen LogP contribution in [-0.4, -0.2) is 17.7 Å². The van der Waals surface area contributed by atoms with E-state index >= 15 is 0 Å². The summed E-state index contributed by atoms with van der Waals surface area (Å²) in [6.07, 6.45) is 0. The first-order chi connectivity index (χ1) is 9.41. The molecule has 0 bridgehead atoms. The molecule has 0 radical (unpaired) electrons. The molecule has 0 aromatic heterocycles. The zero-order valence-electron chi connectivity index (χ0n) is 13.3. The van der Waals surface area contributed by atoms with Crippen molar-refractivity contribution in [2.45, 2.75) is 46.4 Å². The van der Waals surface area contributed by atoms with E-state index in [4.69, 9.17) is 0 Å². The maximum atomic E-state index is 12.0. The van der Waals surface area contributed by atoms with E-state index in [1.807, 2.05) is 6.07 Å². The standard InChI is InChI=1S/C17H27NOS/c1-12(2)17(13(3)4)18-16(19)11-20-10-15-9-7-6-8-14(15)5/h6-9,12-13,17H,10-11H2,1-5H3,(H,18,19). The molecule has 0 aliphatic carbocycles. The van der Waals surface area contributed by atoms with Crippen LogP contribution in [0.4, 0.5) is 0 Å². The lowest BCUT2D eigenvalue weighted by molar-refractivity contribution is -0.119. The largest absolute Gasteiger partial charge is 0.352 e. The Morgan fingerprint density at radius 2 is 1.75 bits per heavy atom. The molecule has 0 saturated heterocycles. The SMILES string of the molecule is Cc1ccccc1CSCC(=O)NC(C(C)C)C(C)C. The fraction of sp³-hybridized carbons (Fsp3) is 0.588. The molecule has 2 nitrogen and oxygen atoms in total. The monoisotopic (exact) mass is 293 g/mol. The van der Waals surface area contributed by atoms with E-state index in [1.54, 1.807) is 11.8 Å². The normalized spacial score (nSPS) is 11.4. The van der Waals surface area contributed by atoms with Gasteiger partial charge in [0.15, 0.2) is 0 Å². The number of thioether (sulfide) groups is 1. The molecule has 0 saturated carbocycles. The molecule has 0 aliphatic heterocycles. The zero-order chi connectivity index (χ0) is 15.1. The van der Waals surface area contributed by atoms with Crippen LogP contribution in [0.15, 0.2) is 24.3 Å². The summed E-state index contributed by atoms with van der Waals surface area (Å²) in [6, 6.07) is 8.61. The summed E-state index contributed by atoms with van der Waals surface area (Å²) in [6.45, 7) is 10.7. The highest BCUT2D eigenvalue weighted by Gasteiger charge is 2.19. The van der Waals surface area contributed by atoms with Crippen molar-refractivity contribution < 1.29 is 4.79 Å². The van der Waals surface area contributed by atoms with Crippen LogP contribution in [0.5, 0.6) is 0 Å². The number of rotatable bonds is 7. The minimum atomic E-state index is 0.149. The van der Waals surface area contributed by atoms with Gasteiger partial charge in [-0.1, -0.05) is 52.0 Å². The molecule has 0 spiro atoms. The van der Waals surface area contributed by atoms with Gasteiger partial charge in [0.25, 0.3) is 0 Å². The Kier molecular flexibility index (Phi) is 7.14. The maximum Gasteiger partial charge on any atom is 0.230 e. The number of carbonyl (C=O) groups excluding carboxylic acids is 1. The molecule has 1 N–H and O–H groups in total. The van der Waals surface area contributed by atoms with E-state index in [0.717, 1.165) is 5.75 Å². The van der Waals surface area contributed by atoms with Crippen LogP contribution in [0.25, 0.3) is 0 Å². The lowest BCUT2D eigenvalue weighted by Crippen LogP contribution is -2.43. The van der Waals surface area contributed by atoms with Crippen molar-refractivity contribution in [2.24, 2.45) is 11.8 Å². The Morgan fingerprint density at radius 1 is 1.15 bits per heavy atom. The van der Waals surface area contributed by atoms with Crippen molar-refractivity contribution in [2.75, 3.05) is 5.75 Å². The average Bonchev–Trinajstić information content (AvgIpc) is 2.37. The van der Waals surface area contributed by atoms with E-state index in [1.165, 1.54) is 11.1 Å².